The van der Waals surface area contributed by atoms with Gasteiger partial charge in [-0.3, -0.25) is 0 Å². The van der Waals surface area contributed by atoms with Gasteiger partial charge in [-0.05, 0) is 68.6 Å². The van der Waals surface area contributed by atoms with Gasteiger partial charge < -0.3 is 5.32 Å². The molecular weight excluding hydrogens is 367 g/mol. The molecule has 0 unspecified atom stereocenters. The molecule has 0 amide bonds. The Bertz CT molecular complexity index is 558. The Morgan fingerprint density at radius 1 is 1.18 bits per heavy atom. The van der Waals surface area contributed by atoms with Crippen molar-refractivity contribution in [3.05, 3.63) is 50.0 Å². The highest BCUT2D eigenvalue weighted by Gasteiger charge is 2.04. The SMILES string of the molecule is Cc1cnc(Nc2ccc(Cl)c(Br)c2)c(Br)c1. The number of rotatable bonds is 2. The van der Waals surface area contributed by atoms with Crippen LogP contribution in [-0.2, 0) is 0 Å². The molecule has 1 heterocycles. The largest absolute Gasteiger partial charge is 0.339 e. The average molecular weight is 376 g/mol. The predicted octanol–water partition coefficient (Wildman–Crippen LogP) is 5.31. The number of anilines is 2. The topological polar surface area (TPSA) is 24.9 Å². The van der Waals surface area contributed by atoms with Gasteiger partial charge in [0.2, 0.25) is 0 Å². The maximum atomic E-state index is 5.94. The van der Waals surface area contributed by atoms with Gasteiger partial charge in [0.25, 0.3) is 0 Å². The standard InChI is InChI=1S/C12H9Br2ClN2/c1-7-4-10(14)12(16-6-7)17-8-2-3-11(15)9(13)5-8/h2-6H,1H3,(H,16,17). The zero-order chi connectivity index (χ0) is 12.4. The highest BCUT2D eigenvalue weighted by Crippen LogP contribution is 2.29. The van der Waals surface area contributed by atoms with Crippen LogP contribution in [0, 0.1) is 6.92 Å². The second kappa shape index (κ2) is 5.38. The lowest BCUT2D eigenvalue weighted by Gasteiger charge is -2.09. The molecule has 0 aliphatic heterocycles. The molecule has 2 rings (SSSR count). The maximum Gasteiger partial charge on any atom is 0.144 e. The van der Waals surface area contributed by atoms with Crippen LogP contribution in [0.5, 0.6) is 0 Å². The van der Waals surface area contributed by atoms with E-state index in [1.165, 1.54) is 0 Å². The minimum atomic E-state index is 0.687. The molecule has 0 saturated carbocycles. The molecule has 0 atom stereocenters. The van der Waals surface area contributed by atoms with Crippen molar-refractivity contribution >= 4 is 55.0 Å². The van der Waals surface area contributed by atoms with Crippen LogP contribution in [0.15, 0.2) is 39.4 Å². The first-order valence-corrected chi connectivity index (χ1v) is 6.87. The zero-order valence-electron chi connectivity index (χ0n) is 8.97. The summed E-state index contributed by atoms with van der Waals surface area (Å²) < 4.78 is 1.79. The van der Waals surface area contributed by atoms with E-state index >= 15 is 0 Å². The van der Waals surface area contributed by atoms with Crippen LogP contribution in [0.1, 0.15) is 5.56 Å². The van der Waals surface area contributed by atoms with E-state index in [4.69, 9.17) is 11.6 Å². The summed E-state index contributed by atoms with van der Waals surface area (Å²) in [7, 11) is 0. The van der Waals surface area contributed by atoms with Gasteiger partial charge in [-0.15, -0.1) is 0 Å². The fourth-order valence-corrected chi connectivity index (χ4v) is 2.40. The van der Waals surface area contributed by atoms with Crippen molar-refractivity contribution in [3.8, 4) is 0 Å². The van der Waals surface area contributed by atoms with Crippen LogP contribution in [0.4, 0.5) is 11.5 Å². The number of hydrogen-bond acceptors (Lipinski definition) is 2. The maximum absolute atomic E-state index is 5.94. The van der Waals surface area contributed by atoms with E-state index < -0.39 is 0 Å². The number of pyridine rings is 1. The van der Waals surface area contributed by atoms with Crippen LogP contribution < -0.4 is 5.32 Å². The number of nitrogens with one attached hydrogen (secondary N) is 1. The van der Waals surface area contributed by atoms with Gasteiger partial charge in [-0.25, -0.2) is 4.98 Å². The summed E-state index contributed by atoms with van der Waals surface area (Å²) in [5.74, 6) is 0.782. The van der Waals surface area contributed by atoms with Crippen LogP contribution in [0.3, 0.4) is 0 Å². The third kappa shape index (κ3) is 3.21. The third-order valence-corrected chi connectivity index (χ3v) is 3.98. The number of nitrogens with zero attached hydrogens (tertiary/aromatic N) is 1. The molecule has 0 saturated heterocycles. The molecule has 1 N–H and O–H groups in total. The van der Waals surface area contributed by atoms with Crippen molar-refractivity contribution in [2.75, 3.05) is 5.32 Å². The van der Waals surface area contributed by atoms with Gasteiger partial charge in [0.05, 0.1) is 9.50 Å². The second-order valence-electron chi connectivity index (χ2n) is 3.60. The molecule has 5 heteroatoms. The number of aromatic nitrogens is 1. The molecule has 88 valence electrons. The van der Waals surface area contributed by atoms with Crippen molar-refractivity contribution in [2.45, 2.75) is 6.92 Å². The van der Waals surface area contributed by atoms with Crippen molar-refractivity contribution < 1.29 is 0 Å². The lowest BCUT2D eigenvalue weighted by Crippen LogP contribution is -1.95. The Balaban J connectivity index is 2.28. The zero-order valence-corrected chi connectivity index (χ0v) is 12.9. The van der Waals surface area contributed by atoms with E-state index in [0.717, 1.165) is 26.0 Å². The average Bonchev–Trinajstić information content (AvgIpc) is 2.27. The smallest absolute Gasteiger partial charge is 0.144 e. The van der Waals surface area contributed by atoms with Crippen molar-refractivity contribution in [1.29, 1.82) is 0 Å². The van der Waals surface area contributed by atoms with Gasteiger partial charge >= 0.3 is 0 Å². The minimum absolute atomic E-state index is 0.687. The highest BCUT2D eigenvalue weighted by molar-refractivity contribution is 9.11. The van der Waals surface area contributed by atoms with Crippen molar-refractivity contribution in [1.82, 2.24) is 4.98 Å². The van der Waals surface area contributed by atoms with E-state index in [0.29, 0.717) is 5.02 Å². The minimum Gasteiger partial charge on any atom is -0.339 e. The van der Waals surface area contributed by atoms with Gasteiger partial charge in [0, 0.05) is 16.4 Å². The summed E-state index contributed by atoms with van der Waals surface area (Å²) in [4.78, 5) is 4.32. The van der Waals surface area contributed by atoms with Gasteiger partial charge in [0.15, 0.2) is 0 Å². The molecule has 0 bridgehead atoms. The number of aryl methyl sites for hydroxylation is 1. The predicted molar refractivity (Wildman–Crippen MR) is 79.1 cm³/mol. The van der Waals surface area contributed by atoms with Gasteiger partial charge in [0.1, 0.15) is 5.82 Å². The number of hydrogen-bond donors (Lipinski definition) is 1. The van der Waals surface area contributed by atoms with E-state index in [2.05, 4.69) is 42.2 Å². The van der Waals surface area contributed by atoms with E-state index in [-0.39, 0.29) is 0 Å². The van der Waals surface area contributed by atoms with E-state index in [1.807, 2.05) is 37.4 Å². The monoisotopic (exact) mass is 374 g/mol. The van der Waals surface area contributed by atoms with Crippen molar-refractivity contribution in [3.63, 3.8) is 0 Å². The first-order chi connectivity index (χ1) is 8.06. The molecule has 0 aliphatic rings. The lowest BCUT2D eigenvalue weighted by atomic mass is 10.3. The van der Waals surface area contributed by atoms with E-state index in [1.54, 1.807) is 0 Å². The summed E-state index contributed by atoms with van der Waals surface area (Å²) >= 11 is 12.8. The Labute approximate surface area is 122 Å². The summed E-state index contributed by atoms with van der Waals surface area (Å²) in [6, 6.07) is 7.66. The summed E-state index contributed by atoms with van der Waals surface area (Å²) in [6.45, 7) is 2.00. The van der Waals surface area contributed by atoms with E-state index in [9.17, 15) is 0 Å². The molecule has 2 nitrogen and oxygen atoms in total. The van der Waals surface area contributed by atoms with Crippen molar-refractivity contribution in [2.24, 2.45) is 0 Å². The molecule has 0 aliphatic carbocycles. The van der Waals surface area contributed by atoms with Crippen LogP contribution in [-0.4, -0.2) is 4.98 Å². The molecule has 2 aromatic rings. The first-order valence-electron chi connectivity index (χ1n) is 4.90. The highest BCUT2D eigenvalue weighted by atomic mass is 79.9. The lowest BCUT2D eigenvalue weighted by molar-refractivity contribution is 1.24. The van der Waals surface area contributed by atoms with Gasteiger partial charge in [-0.1, -0.05) is 11.6 Å². The molecule has 0 fully saturated rings. The van der Waals surface area contributed by atoms with Gasteiger partial charge in [-0.2, -0.15) is 0 Å². The quantitative estimate of drug-likeness (QED) is 0.768. The third-order valence-electron chi connectivity index (χ3n) is 2.16. The number of benzene rings is 1. The summed E-state index contributed by atoms with van der Waals surface area (Å²) in [5, 5.41) is 3.91. The first kappa shape index (κ1) is 12.9. The van der Waals surface area contributed by atoms with Crippen LogP contribution in [0.2, 0.25) is 5.02 Å². The fraction of sp³-hybridized carbons (Fsp3) is 0.0833. The molecule has 17 heavy (non-hydrogen) atoms. The summed E-state index contributed by atoms with van der Waals surface area (Å²) in [5.41, 5.74) is 2.04. The normalized spacial score (nSPS) is 10.4. The molecular formula is C12H9Br2ClN2. The fourth-order valence-electron chi connectivity index (χ4n) is 1.34. The summed E-state index contributed by atoms with van der Waals surface area (Å²) in [6.07, 6.45) is 1.82. The van der Waals surface area contributed by atoms with Crippen LogP contribution in [0.25, 0.3) is 0 Å². The second-order valence-corrected chi connectivity index (χ2v) is 5.71. The molecule has 0 spiro atoms. The Kier molecular flexibility index (Phi) is 4.07. The Morgan fingerprint density at radius 2 is 1.94 bits per heavy atom. The number of halogens is 3. The Hall–Kier alpha value is -0.580. The molecule has 1 aromatic heterocycles. The Morgan fingerprint density at radius 3 is 2.59 bits per heavy atom. The molecule has 0 radical (unpaired) electrons. The molecule has 1 aromatic carbocycles. The van der Waals surface area contributed by atoms with Crippen LogP contribution >= 0.6 is 43.5 Å².